The molecule has 2 aliphatic rings. The number of carbonyl (C=O) groups is 1. The molecule has 26 heavy (non-hydrogen) atoms. The zero-order valence-electron chi connectivity index (χ0n) is 14.4. The zero-order chi connectivity index (χ0) is 17.9. The number of hydrogen-bond donors (Lipinski definition) is 3. The molecule has 0 radical (unpaired) electrons. The Balaban J connectivity index is 0.00000243. The van der Waals surface area contributed by atoms with Gasteiger partial charge in [0.25, 0.3) is 0 Å². The summed E-state index contributed by atoms with van der Waals surface area (Å²) in [5, 5.41) is 12.0. The van der Waals surface area contributed by atoms with Crippen molar-refractivity contribution in [1.29, 1.82) is 0 Å². The Bertz CT molecular complexity index is 589. The van der Waals surface area contributed by atoms with Gasteiger partial charge in [-0.25, -0.2) is 0 Å². The molecule has 1 amide bonds. The molecule has 2 atom stereocenters. The predicted molar refractivity (Wildman–Crippen MR) is 92.9 cm³/mol. The lowest BCUT2D eigenvalue weighted by Gasteiger charge is -2.32. The molecule has 10 heteroatoms. The SMILES string of the molecule is Cl.O=C(NCC1CCCN(Cc2cc(C(F)(F)F)n[nH]2)C1)C1CCCN1. The number of carbonyl (C=O) groups excluding carboxylic acids is 1. The fourth-order valence-corrected chi connectivity index (χ4v) is 3.57. The maximum absolute atomic E-state index is 12.6. The summed E-state index contributed by atoms with van der Waals surface area (Å²) in [5.41, 5.74) is -0.417. The molecule has 3 N–H and O–H groups in total. The molecule has 3 heterocycles. The second-order valence-electron chi connectivity index (χ2n) is 6.91. The zero-order valence-corrected chi connectivity index (χ0v) is 15.3. The number of amides is 1. The number of hydrogen-bond acceptors (Lipinski definition) is 4. The molecule has 148 valence electrons. The topological polar surface area (TPSA) is 73.0 Å². The van der Waals surface area contributed by atoms with E-state index >= 15 is 0 Å². The first-order valence-electron chi connectivity index (χ1n) is 8.77. The molecule has 0 saturated carbocycles. The summed E-state index contributed by atoms with van der Waals surface area (Å²) in [6, 6.07) is 0.988. The van der Waals surface area contributed by atoms with Gasteiger partial charge in [-0.1, -0.05) is 0 Å². The van der Waals surface area contributed by atoms with Crippen molar-refractivity contribution in [3.05, 3.63) is 17.5 Å². The molecule has 3 rings (SSSR count). The van der Waals surface area contributed by atoms with Gasteiger partial charge in [0.1, 0.15) is 0 Å². The number of nitrogens with one attached hydrogen (secondary N) is 3. The highest BCUT2D eigenvalue weighted by Gasteiger charge is 2.34. The number of alkyl halides is 3. The highest BCUT2D eigenvalue weighted by molar-refractivity contribution is 5.85. The first-order valence-corrected chi connectivity index (χ1v) is 8.77. The lowest BCUT2D eigenvalue weighted by molar-refractivity contribution is -0.141. The average Bonchev–Trinajstić information content (AvgIpc) is 3.24. The highest BCUT2D eigenvalue weighted by atomic mass is 35.5. The molecule has 0 aliphatic carbocycles. The third kappa shape index (κ3) is 5.59. The van der Waals surface area contributed by atoms with Crippen LogP contribution in [-0.2, 0) is 17.5 Å². The summed E-state index contributed by atoms with van der Waals surface area (Å²) in [4.78, 5) is 14.2. The van der Waals surface area contributed by atoms with Gasteiger partial charge in [0.2, 0.25) is 5.91 Å². The van der Waals surface area contributed by atoms with Crippen LogP contribution < -0.4 is 10.6 Å². The fourth-order valence-electron chi connectivity index (χ4n) is 3.57. The van der Waals surface area contributed by atoms with Gasteiger partial charge in [-0.2, -0.15) is 18.3 Å². The van der Waals surface area contributed by atoms with E-state index in [0.29, 0.717) is 24.7 Å². The van der Waals surface area contributed by atoms with Gasteiger partial charge < -0.3 is 10.6 Å². The van der Waals surface area contributed by atoms with Gasteiger partial charge in [-0.05, 0) is 50.8 Å². The largest absolute Gasteiger partial charge is 0.435 e. The Morgan fingerprint density at radius 2 is 2.15 bits per heavy atom. The first kappa shape index (κ1) is 21.0. The van der Waals surface area contributed by atoms with Crippen molar-refractivity contribution in [2.75, 3.05) is 26.2 Å². The van der Waals surface area contributed by atoms with Crippen LogP contribution in [0.5, 0.6) is 0 Å². The molecule has 1 aromatic heterocycles. The summed E-state index contributed by atoms with van der Waals surface area (Å²) < 4.78 is 37.8. The maximum Gasteiger partial charge on any atom is 0.435 e. The van der Waals surface area contributed by atoms with Gasteiger partial charge >= 0.3 is 6.18 Å². The normalized spacial score (nSPS) is 24.3. The van der Waals surface area contributed by atoms with Gasteiger partial charge in [0.05, 0.1) is 6.04 Å². The number of nitrogens with zero attached hydrogens (tertiary/aromatic N) is 2. The van der Waals surface area contributed by atoms with E-state index in [0.717, 1.165) is 51.4 Å². The lowest BCUT2D eigenvalue weighted by Crippen LogP contribution is -2.45. The summed E-state index contributed by atoms with van der Waals surface area (Å²) >= 11 is 0. The molecule has 2 unspecified atom stereocenters. The summed E-state index contributed by atoms with van der Waals surface area (Å²) in [7, 11) is 0. The average molecular weight is 396 g/mol. The molecule has 2 fully saturated rings. The van der Waals surface area contributed by atoms with Crippen LogP contribution in [0.4, 0.5) is 13.2 Å². The van der Waals surface area contributed by atoms with E-state index in [1.807, 2.05) is 0 Å². The molecular formula is C16H25ClF3N5O. The lowest BCUT2D eigenvalue weighted by atomic mass is 9.97. The van der Waals surface area contributed by atoms with Gasteiger partial charge in [0, 0.05) is 25.3 Å². The van der Waals surface area contributed by atoms with Crippen LogP contribution in [0.15, 0.2) is 6.07 Å². The summed E-state index contributed by atoms with van der Waals surface area (Å²) in [6.45, 7) is 3.52. The molecule has 2 saturated heterocycles. The molecule has 0 aromatic carbocycles. The Morgan fingerprint density at radius 1 is 1.35 bits per heavy atom. The molecule has 6 nitrogen and oxygen atoms in total. The minimum absolute atomic E-state index is 0. The predicted octanol–water partition coefficient (Wildman–Crippen LogP) is 1.93. The van der Waals surface area contributed by atoms with Crippen molar-refractivity contribution in [3.8, 4) is 0 Å². The highest BCUT2D eigenvalue weighted by Crippen LogP contribution is 2.28. The Labute approximate surface area is 156 Å². The van der Waals surface area contributed by atoms with E-state index in [1.54, 1.807) is 0 Å². The Kier molecular flexibility index (Phi) is 7.31. The minimum Gasteiger partial charge on any atom is -0.354 e. The van der Waals surface area contributed by atoms with Crippen molar-refractivity contribution in [2.24, 2.45) is 5.92 Å². The molecule has 0 bridgehead atoms. The molecule has 0 spiro atoms. The number of halogens is 4. The van der Waals surface area contributed by atoms with E-state index in [2.05, 4.69) is 25.7 Å². The monoisotopic (exact) mass is 395 g/mol. The van der Waals surface area contributed by atoms with Crippen molar-refractivity contribution < 1.29 is 18.0 Å². The van der Waals surface area contributed by atoms with Gasteiger partial charge in [-0.15, -0.1) is 12.4 Å². The van der Waals surface area contributed by atoms with Crippen molar-refractivity contribution in [3.63, 3.8) is 0 Å². The number of aromatic nitrogens is 2. The van der Waals surface area contributed by atoms with Crippen LogP contribution in [0.25, 0.3) is 0 Å². The van der Waals surface area contributed by atoms with E-state index in [1.165, 1.54) is 0 Å². The summed E-state index contributed by atoms with van der Waals surface area (Å²) in [6.07, 6.45) is -0.519. The van der Waals surface area contributed by atoms with Crippen molar-refractivity contribution in [1.82, 2.24) is 25.7 Å². The number of aromatic amines is 1. The van der Waals surface area contributed by atoms with Crippen LogP contribution in [0.1, 0.15) is 37.1 Å². The standard InChI is InChI=1S/C16H24F3N5O.ClH/c17-16(18,19)14-7-12(22-23-14)10-24-6-2-3-11(9-24)8-21-15(25)13-4-1-5-20-13;/h7,11,13,20H,1-6,8-10H2,(H,21,25)(H,22,23);1H. The van der Waals surface area contributed by atoms with Gasteiger partial charge in [-0.3, -0.25) is 14.8 Å². The van der Waals surface area contributed by atoms with Gasteiger partial charge in [0.15, 0.2) is 5.69 Å². The third-order valence-corrected chi connectivity index (χ3v) is 4.86. The smallest absolute Gasteiger partial charge is 0.354 e. The number of piperidine rings is 1. The minimum atomic E-state index is -4.42. The second kappa shape index (κ2) is 9.05. The molecule has 1 aromatic rings. The quantitative estimate of drug-likeness (QED) is 0.712. The van der Waals surface area contributed by atoms with E-state index in [9.17, 15) is 18.0 Å². The fraction of sp³-hybridized carbons (Fsp3) is 0.750. The van der Waals surface area contributed by atoms with E-state index < -0.39 is 11.9 Å². The van der Waals surface area contributed by atoms with Crippen molar-refractivity contribution >= 4 is 18.3 Å². The van der Waals surface area contributed by atoms with Crippen LogP contribution in [0, 0.1) is 5.92 Å². The Hall–Kier alpha value is -1.32. The van der Waals surface area contributed by atoms with Crippen molar-refractivity contribution in [2.45, 2.75) is 44.4 Å². The van der Waals surface area contributed by atoms with Crippen LogP contribution in [0.2, 0.25) is 0 Å². The number of H-pyrrole nitrogens is 1. The third-order valence-electron chi connectivity index (χ3n) is 4.86. The van der Waals surface area contributed by atoms with Crippen LogP contribution in [-0.4, -0.2) is 53.2 Å². The number of rotatable bonds is 5. The summed E-state index contributed by atoms with van der Waals surface area (Å²) in [5.74, 6) is 0.377. The van der Waals surface area contributed by atoms with E-state index in [-0.39, 0.29) is 24.4 Å². The Morgan fingerprint density at radius 3 is 2.81 bits per heavy atom. The first-order chi connectivity index (χ1) is 11.9. The molecular weight excluding hydrogens is 371 g/mol. The van der Waals surface area contributed by atoms with Crippen LogP contribution in [0.3, 0.4) is 0 Å². The maximum atomic E-state index is 12.6. The van der Waals surface area contributed by atoms with Crippen LogP contribution >= 0.6 is 12.4 Å². The molecule has 2 aliphatic heterocycles. The second-order valence-corrected chi connectivity index (χ2v) is 6.91. The number of likely N-dealkylation sites (tertiary alicyclic amines) is 1. The van der Waals surface area contributed by atoms with E-state index in [4.69, 9.17) is 0 Å².